The number of para-hydroxylation sites is 2. The van der Waals surface area contributed by atoms with Crippen molar-refractivity contribution in [2.45, 2.75) is 39.2 Å². The highest BCUT2D eigenvalue weighted by atomic mass is 32.1. The van der Waals surface area contributed by atoms with Crippen LogP contribution in [0.4, 0.5) is 0 Å². The van der Waals surface area contributed by atoms with Gasteiger partial charge in [0.2, 0.25) is 0 Å². The van der Waals surface area contributed by atoms with Crippen LogP contribution >= 0.6 is 12.2 Å². The summed E-state index contributed by atoms with van der Waals surface area (Å²) in [4.78, 5) is 5.27. The minimum Gasteiger partial charge on any atom is -0.393 e. The van der Waals surface area contributed by atoms with Crippen LogP contribution in [-0.2, 0) is 13.0 Å². The van der Waals surface area contributed by atoms with Crippen molar-refractivity contribution in [3.05, 3.63) is 30.1 Å². The molecule has 2 rings (SSSR count). The zero-order chi connectivity index (χ0) is 13.0. The van der Waals surface area contributed by atoms with Crippen LogP contribution in [0.3, 0.4) is 0 Å². The van der Waals surface area contributed by atoms with Crippen LogP contribution in [0.15, 0.2) is 24.3 Å². The van der Waals surface area contributed by atoms with Gasteiger partial charge in [0.15, 0.2) is 0 Å². The van der Waals surface area contributed by atoms with Gasteiger partial charge in [0.1, 0.15) is 5.82 Å². The Kier molecular flexibility index (Phi) is 4.31. The number of nitrogens with two attached hydrogens (primary N) is 1. The maximum atomic E-state index is 5.51. The molecule has 0 fully saturated rings. The standard InChI is InChI=1S/C14H19N3S/c1-2-14-16-11-7-3-4-8-12(11)17(14)10-6-5-9-13(15)18/h3-4,7-8H,2,5-6,9-10H2,1H3,(H2,15,18). The SMILES string of the molecule is CCc1nc2ccccc2n1CCCCC(N)=S. The molecule has 0 saturated heterocycles. The molecule has 1 aromatic carbocycles. The normalized spacial score (nSPS) is 10.9. The van der Waals surface area contributed by atoms with Crippen LogP contribution in [-0.4, -0.2) is 14.5 Å². The molecule has 0 aliphatic carbocycles. The molecule has 18 heavy (non-hydrogen) atoms. The summed E-state index contributed by atoms with van der Waals surface area (Å²) < 4.78 is 2.31. The molecule has 0 saturated carbocycles. The van der Waals surface area contributed by atoms with Gasteiger partial charge < -0.3 is 10.3 Å². The zero-order valence-electron chi connectivity index (χ0n) is 10.7. The van der Waals surface area contributed by atoms with Crippen molar-refractivity contribution in [1.82, 2.24) is 9.55 Å². The van der Waals surface area contributed by atoms with E-state index in [9.17, 15) is 0 Å². The molecule has 0 aliphatic rings. The first-order valence-electron chi connectivity index (χ1n) is 6.45. The van der Waals surface area contributed by atoms with E-state index in [1.807, 2.05) is 6.07 Å². The summed E-state index contributed by atoms with van der Waals surface area (Å²) in [5, 5.41) is 0. The smallest absolute Gasteiger partial charge is 0.109 e. The van der Waals surface area contributed by atoms with Crippen molar-refractivity contribution in [3.63, 3.8) is 0 Å². The lowest BCUT2D eigenvalue weighted by Gasteiger charge is -2.07. The topological polar surface area (TPSA) is 43.8 Å². The van der Waals surface area contributed by atoms with E-state index < -0.39 is 0 Å². The summed E-state index contributed by atoms with van der Waals surface area (Å²) in [7, 11) is 0. The van der Waals surface area contributed by atoms with Gasteiger partial charge in [-0.25, -0.2) is 4.98 Å². The second kappa shape index (κ2) is 5.96. The van der Waals surface area contributed by atoms with Crippen LogP contribution < -0.4 is 5.73 Å². The minimum atomic E-state index is 0.612. The monoisotopic (exact) mass is 261 g/mol. The fraction of sp³-hybridized carbons (Fsp3) is 0.429. The summed E-state index contributed by atoms with van der Waals surface area (Å²) in [6.07, 6.45) is 3.93. The number of rotatable bonds is 6. The van der Waals surface area contributed by atoms with Crippen LogP contribution in [0, 0.1) is 0 Å². The Morgan fingerprint density at radius 3 is 2.83 bits per heavy atom. The quantitative estimate of drug-likeness (QED) is 0.642. The Bertz CT molecular complexity index is 545. The van der Waals surface area contributed by atoms with Gasteiger partial charge in [0.05, 0.1) is 16.0 Å². The van der Waals surface area contributed by atoms with Crippen LogP contribution in [0.1, 0.15) is 32.0 Å². The maximum Gasteiger partial charge on any atom is 0.109 e. The largest absolute Gasteiger partial charge is 0.393 e. The first-order chi connectivity index (χ1) is 8.72. The number of hydrogen-bond donors (Lipinski definition) is 1. The molecule has 0 atom stereocenters. The lowest BCUT2D eigenvalue weighted by atomic mass is 10.2. The van der Waals surface area contributed by atoms with E-state index in [2.05, 4.69) is 34.7 Å². The second-order valence-corrected chi connectivity index (χ2v) is 4.97. The molecule has 0 spiro atoms. The van der Waals surface area contributed by atoms with E-state index in [0.29, 0.717) is 4.99 Å². The average molecular weight is 261 g/mol. The highest BCUT2D eigenvalue weighted by molar-refractivity contribution is 7.80. The van der Waals surface area contributed by atoms with Gasteiger partial charge in [-0.05, 0) is 31.4 Å². The number of nitrogens with zero attached hydrogens (tertiary/aromatic N) is 2. The Balaban J connectivity index is 2.13. The lowest BCUT2D eigenvalue weighted by molar-refractivity contribution is 0.609. The second-order valence-electron chi connectivity index (χ2n) is 4.45. The molecular weight excluding hydrogens is 242 g/mol. The summed E-state index contributed by atoms with van der Waals surface area (Å²) in [5.41, 5.74) is 7.82. The number of aromatic nitrogens is 2. The molecular formula is C14H19N3S. The Labute approximate surface area is 113 Å². The summed E-state index contributed by atoms with van der Waals surface area (Å²) >= 11 is 4.89. The Morgan fingerprint density at radius 1 is 1.33 bits per heavy atom. The van der Waals surface area contributed by atoms with Gasteiger partial charge >= 0.3 is 0 Å². The number of aryl methyl sites for hydroxylation is 2. The molecule has 0 aliphatic heterocycles. The molecule has 4 heteroatoms. The number of benzene rings is 1. The van der Waals surface area contributed by atoms with Gasteiger partial charge in [-0.3, -0.25) is 0 Å². The highest BCUT2D eigenvalue weighted by Crippen LogP contribution is 2.17. The molecule has 2 N–H and O–H groups in total. The molecule has 0 bridgehead atoms. The van der Waals surface area contributed by atoms with Crippen molar-refractivity contribution in [2.75, 3.05) is 0 Å². The van der Waals surface area contributed by atoms with E-state index in [-0.39, 0.29) is 0 Å². The highest BCUT2D eigenvalue weighted by Gasteiger charge is 2.07. The summed E-state index contributed by atoms with van der Waals surface area (Å²) in [5.74, 6) is 1.16. The Hall–Kier alpha value is -1.42. The number of fused-ring (bicyclic) bond motifs is 1. The molecule has 0 unspecified atom stereocenters. The van der Waals surface area contributed by atoms with Gasteiger partial charge in [0, 0.05) is 13.0 Å². The van der Waals surface area contributed by atoms with Gasteiger partial charge in [-0.1, -0.05) is 31.3 Å². The molecule has 0 radical (unpaired) electrons. The predicted octanol–water partition coefficient (Wildman–Crippen LogP) is 3.06. The van der Waals surface area contributed by atoms with E-state index in [0.717, 1.165) is 43.6 Å². The fourth-order valence-electron chi connectivity index (χ4n) is 2.21. The number of unbranched alkanes of at least 4 members (excludes halogenated alkanes) is 1. The van der Waals surface area contributed by atoms with Gasteiger partial charge in [-0.2, -0.15) is 0 Å². The minimum absolute atomic E-state index is 0.612. The van der Waals surface area contributed by atoms with Crippen molar-refractivity contribution in [2.24, 2.45) is 5.73 Å². The van der Waals surface area contributed by atoms with Crippen LogP contribution in [0.2, 0.25) is 0 Å². The summed E-state index contributed by atoms with van der Waals surface area (Å²) in [6, 6.07) is 8.30. The number of imidazole rings is 1. The first kappa shape index (κ1) is 13.0. The zero-order valence-corrected chi connectivity index (χ0v) is 11.5. The van der Waals surface area contributed by atoms with E-state index in [4.69, 9.17) is 18.0 Å². The molecule has 0 amide bonds. The van der Waals surface area contributed by atoms with E-state index >= 15 is 0 Å². The Morgan fingerprint density at radius 2 is 2.11 bits per heavy atom. The first-order valence-corrected chi connectivity index (χ1v) is 6.85. The predicted molar refractivity (Wildman–Crippen MR) is 79.7 cm³/mol. The molecule has 1 heterocycles. The maximum absolute atomic E-state index is 5.51. The fourth-order valence-corrected chi connectivity index (χ4v) is 2.36. The van der Waals surface area contributed by atoms with E-state index in [1.54, 1.807) is 0 Å². The van der Waals surface area contributed by atoms with Crippen LogP contribution in [0.25, 0.3) is 11.0 Å². The van der Waals surface area contributed by atoms with Crippen molar-refractivity contribution in [3.8, 4) is 0 Å². The van der Waals surface area contributed by atoms with E-state index in [1.165, 1.54) is 5.52 Å². The van der Waals surface area contributed by atoms with Gasteiger partial charge in [-0.15, -0.1) is 0 Å². The lowest BCUT2D eigenvalue weighted by Crippen LogP contribution is -2.08. The number of thiocarbonyl (C=S) groups is 1. The third-order valence-electron chi connectivity index (χ3n) is 3.10. The average Bonchev–Trinajstić information content (AvgIpc) is 2.72. The number of hydrogen-bond acceptors (Lipinski definition) is 2. The molecule has 1 aromatic heterocycles. The van der Waals surface area contributed by atoms with Gasteiger partial charge in [0.25, 0.3) is 0 Å². The third kappa shape index (κ3) is 2.88. The molecule has 96 valence electrons. The van der Waals surface area contributed by atoms with Crippen molar-refractivity contribution in [1.29, 1.82) is 0 Å². The van der Waals surface area contributed by atoms with Crippen LogP contribution in [0.5, 0.6) is 0 Å². The van der Waals surface area contributed by atoms with Crippen molar-refractivity contribution >= 4 is 28.2 Å². The molecule has 3 nitrogen and oxygen atoms in total. The molecule has 2 aromatic rings. The summed E-state index contributed by atoms with van der Waals surface area (Å²) in [6.45, 7) is 3.14. The van der Waals surface area contributed by atoms with Crippen molar-refractivity contribution < 1.29 is 0 Å². The third-order valence-corrected chi connectivity index (χ3v) is 3.31.